The summed E-state index contributed by atoms with van der Waals surface area (Å²) in [5.41, 5.74) is 1.12. The summed E-state index contributed by atoms with van der Waals surface area (Å²) >= 11 is 0. The van der Waals surface area contributed by atoms with E-state index in [0.29, 0.717) is 13.2 Å². The Morgan fingerprint density at radius 1 is 1.27 bits per heavy atom. The minimum atomic E-state index is 0.0338. The summed E-state index contributed by atoms with van der Waals surface area (Å²) in [6.45, 7) is 2.13. The fourth-order valence-electron chi connectivity index (χ4n) is 2.46. The maximum absolute atomic E-state index is 11.9. The highest BCUT2D eigenvalue weighted by atomic mass is 16.5. The van der Waals surface area contributed by atoms with E-state index in [1.807, 2.05) is 35.2 Å². The molecule has 0 unspecified atom stereocenters. The molecule has 1 amide bonds. The van der Waals surface area contributed by atoms with Crippen LogP contribution in [0.2, 0.25) is 0 Å². The summed E-state index contributed by atoms with van der Waals surface area (Å²) in [6.07, 6.45) is 0. The van der Waals surface area contributed by atoms with Gasteiger partial charge in [-0.05, 0) is 5.56 Å². The molecule has 1 aromatic carbocycles. The summed E-state index contributed by atoms with van der Waals surface area (Å²) in [4.78, 5) is 13.8. The van der Waals surface area contributed by atoms with E-state index in [-0.39, 0.29) is 17.9 Å². The van der Waals surface area contributed by atoms with Gasteiger partial charge in [0.25, 0.3) is 0 Å². The van der Waals surface area contributed by atoms with Crippen molar-refractivity contribution < 1.29 is 9.53 Å². The number of β-lactam (4-membered cyclic amide) rings is 1. The number of fused-ring (bicyclic) bond motifs is 1. The maximum atomic E-state index is 11.9. The van der Waals surface area contributed by atoms with Gasteiger partial charge in [-0.3, -0.25) is 4.79 Å². The number of morpholine rings is 1. The third-order valence-electron chi connectivity index (χ3n) is 3.26. The van der Waals surface area contributed by atoms with Gasteiger partial charge in [0.1, 0.15) is 0 Å². The van der Waals surface area contributed by atoms with Gasteiger partial charge in [0.15, 0.2) is 0 Å². The molecule has 0 radical (unpaired) electrons. The maximum Gasteiger partial charge on any atom is 0.232 e. The second kappa shape index (κ2) is 3.35. The molecule has 78 valence electrons. The molecule has 0 N–H and O–H groups in total. The fraction of sp³-hybridized carbons (Fsp3) is 0.417. The molecule has 2 saturated heterocycles. The molecule has 0 saturated carbocycles. The van der Waals surface area contributed by atoms with Crippen molar-refractivity contribution in [1.29, 1.82) is 0 Å². The van der Waals surface area contributed by atoms with Crippen LogP contribution >= 0.6 is 0 Å². The van der Waals surface area contributed by atoms with Crippen molar-refractivity contribution in [3.05, 3.63) is 35.9 Å². The predicted octanol–water partition coefficient (Wildman–Crippen LogP) is 1.01. The number of carbonyl (C=O) groups excluding carboxylic acids is 1. The first kappa shape index (κ1) is 8.92. The van der Waals surface area contributed by atoms with Crippen molar-refractivity contribution >= 4 is 5.91 Å². The predicted molar refractivity (Wildman–Crippen MR) is 55.5 cm³/mol. The topological polar surface area (TPSA) is 29.5 Å². The Morgan fingerprint density at radius 3 is 2.87 bits per heavy atom. The second-order valence-electron chi connectivity index (χ2n) is 4.06. The van der Waals surface area contributed by atoms with Crippen molar-refractivity contribution in [1.82, 2.24) is 4.90 Å². The number of benzene rings is 1. The Balaban J connectivity index is 1.86. The first-order valence-electron chi connectivity index (χ1n) is 5.31. The minimum Gasteiger partial charge on any atom is -0.377 e. The minimum absolute atomic E-state index is 0.0338. The molecule has 3 nitrogen and oxygen atoms in total. The van der Waals surface area contributed by atoms with Gasteiger partial charge in [-0.2, -0.15) is 0 Å². The molecule has 0 bridgehead atoms. The molecule has 3 rings (SSSR count). The van der Waals surface area contributed by atoms with Gasteiger partial charge >= 0.3 is 0 Å². The Bertz CT molecular complexity index is 376. The van der Waals surface area contributed by atoms with E-state index < -0.39 is 0 Å². The first-order chi connectivity index (χ1) is 7.38. The lowest BCUT2D eigenvalue weighted by Crippen LogP contribution is -2.64. The molecule has 2 heterocycles. The van der Waals surface area contributed by atoms with Crippen molar-refractivity contribution in [3.8, 4) is 0 Å². The first-order valence-corrected chi connectivity index (χ1v) is 5.31. The average Bonchev–Trinajstić information content (AvgIpc) is 2.30. The fourth-order valence-corrected chi connectivity index (χ4v) is 2.46. The van der Waals surface area contributed by atoms with Crippen LogP contribution in [0.5, 0.6) is 0 Å². The normalized spacial score (nSPS) is 29.6. The number of ether oxygens (including phenoxy) is 1. The van der Waals surface area contributed by atoms with Crippen LogP contribution in [0.4, 0.5) is 0 Å². The van der Waals surface area contributed by atoms with Gasteiger partial charge in [-0.1, -0.05) is 30.3 Å². The van der Waals surface area contributed by atoms with Crippen LogP contribution in [0.25, 0.3) is 0 Å². The van der Waals surface area contributed by atoms with Gasteiger partial charge in [0.05, 0.1) is 25.2 Å². The zero-order chi connectivity index (χ0) is 10.3. The monoisotopic (exact) mass is 203 g/mol. The Morgan fingerprint density at radius 2 is 2.07 bits per heavy atom. The van der Waals surface area contributed by atoms with E-state index in [1.54, 1.807) is 0 Å². The molecule has 2 fully saturated rings. The van der Waals surface area contributed by atoms with Crippen molar-refractivity contribution in [3.63, 3.8) is 0 Å². The van der Waals surface area contributed by atoms with E-state index in [0.717, 1.165) is 12.1 Å². The highest BCUT2D eigenvalue weighted by Crippen LogP contribution is 2.36. The summed E-state index contributed by atoms with van der Waals surface area (Å²) in [6, 6.07) is 10.3. The van der Waals surface area contributed by atoms with Crippen LogP contribution in [0.1, 0.15) is 11.5 Å². The standard InChI is InChI=1S/C12H13NO2/c14-12-11(9-4-2-1-3-5-9)10-8-15-7-6-13(10)12/h1-5,10-11H,6-8H2/t10-,11-/m1/s1. The molecule has 0 aliphatic carbocycles. The molecule has 2 atom stereocenters. The lowest BCUT2D eigenvalue weighted by Gasteiger charge is -2.49. The number of nitrogens with zero attached hydrogens (tertiary/aromatic N) is 1. The van der Waals surface area contributed by atoms with E-state index in [9.17, 15) is 4.79 Å². The van der Waals surface area contributed by atoms with Crippen LogP contribution in [0.15, 0.2) is 30.3 Å². The summed E-state index contributed by atoms with van der Waals surface area (Å²) < 4.78 is 5.41. The molecule has 0 aromatic heterocycles. The molecule has 0 spiro atoms. The van der Waals surface area contributed by atoms with Gasteiger partial charge in [-0.15, -0.1) is 0 Å². The van der Waals surface area contributed by atoms with E-state index >= 15 is 0 Å². The lowest BCUT2D eigenvalue weighted by molar-refractivity contribution is -0.162. The third-order valence-corrected chi connectivity index (χ3v) is 3.26. The quantitative estimate of drug-likeness (QED) is 0.637. The smallest absolute Gasteiger partial charge is 0.232 e. The highest BCUT2D eigenvalue weighted by molar-refractivity contribution is 5.91. The number of rotatable bonds is 1. The SMILES string of the molecule is O=C1[C@H](c2ccccc2)[C@H]2COCCN12. The van der Waals surface area contributed by atoms with Gasteiger partial charge in [0, 0.05) is 6.54 Å². The zero-order valence-electron chi connectivity index (χ0n) is 8.43. The van der Waals surface area contributed by atoms with E-state index in [4.69, 9.17) is 4.74 Å². The molecule has 15 heavy (non-hydrogen) atoms. The zero-order valence-corrected chi connectivity index (χ0v) is 8.43. The van der Waals surface area contributed by atoms with Gasteiger partial charge in [0.2, 0.25) is 5.91 Å². The molecule has 2 aliphatic rings. The third kappa shape index (κ3) is 1.27. The number of hydrogen-bond donors (Lipinski definition) is 0. The van der Waals surface area contributed by atoms with E-state index in [1.165, 1.54) is 0 Å². The van der Waals surface area contributed by atoms with Crippen LogP contribution in [0.3, 0.4) is 0 Å². The number of hydrogen-bond acceptors (Lipinski definition) is 2. The second-order valence-corrected chi connectivity index (χ2v) is 4.06. The molecule has 3 heteroatoms. The Hall–Kier alpha value is -1.35. The van der Waals surface area contributed by atoms with Gasteiger partial charge < -0.3 is 9.64 Å². The van der Waals surface area contributed by atoms with E-state index in [2.05, 4.69) is 0 Å². The van der Waals surface area contributed by atoms with Gasteiger partial charge in [-0.25, -0.2) is 0 Å². The summed E-state index contributed by atoms with van der Waals surface area (Å²) in [5, 5.41) is 0. The Labute approximate surface area is 88.6 Å². The summed E-state index contributed by atoms with van der Waals surface area (Å²) in [7, 11) is 0. The van der Waals surface area contributed by atoms with Crippen molar-refractivity contribution in [2.75, 3.05) is 19.8 Å². The Kier molecular flexibility index (Phi) is 1.99. The molecule has 1 aromatic rings. The molecular formula is C12H13NO2. The molecular weight excluding hydrogens is 190 g/mol. The number of carbonyl (C=O) groups is 1. The van der Waals surface area contributed by atoms with Crippen molar-refractivity contribution in [2.24, 2.45) is 0 Å². The summed E-state index contributed by atoms with van der Waals surface area (Å²) in [5.74, 6) is 0.293. The van der Waals surface area contributed by atoms with Crippen LogP contribution in [-0.4, -0.2) is 36.6 Å². The van der Waals surface area contributed by atoms with Crippen molar-refractivity contribution in [2.45, 2.75) is 12.0 Å². The lowest BCUT2D eigenvalue weighted by atomic mass is 9.81. The van der Waals surface area contributed by atoms with Crippen LogP contribution in [0, 0.1) is 0 Å². The van der Waals surface area contributed by atoms with Crippen LogP contribution in [-0.2, 0) is 9.53 Å². The number of amides is 1. The highest BCUT2D eigenvalue weighted by Gasteiger charge is 2.49. The van der Waals surface area contributed by atoms with Crippen LogP contribution < -0.4 is 0 Å². The largest absolute Gasteiger partial charge is 0.377 e. The molecule has 2 aliphatic heterocycles. The average molecular weight is 203 g/mol.